The smallest absolute Gasteiger partial charge is 0.194 e. The molecule has 1 aromatic heterocycles. The number of nitrogens with zero attached hydrogens (tertiary/aromatic N) is 3. The Morgan fingerprint density at radius 3 is 2.82 bits per heavy atom. The molecular weight excluding hydrogens is 467 g/mol. The number of aryl methyl sites for hydroxylation is 1. The zero-order valence-corrected chi connectivity index (χ0v) is 19.6. The maximum atomic E-state index is 6.13. The number of likely N-dealkylation sites (tertiary alicyclic amines) is 1. The highest BCUT2D eigenvalue weighted by molar-refractivity contribution is 14.0. The van der Waals surface area contributed by atoms with Crippen molar-refractivity contribution in [2.45, 2.75) is 64.7 Å². The van der Waals surface area contributed by atoms with Gasteiger partial charge < -0.3 is 19.7 Å². The van der Waals surface area contributed by atoms with E-state index in [-0.39, 0.29) is 24.0 Å². The monoisotopic (exact) mass is 502 g/mol. The van der Waals surface area contributed by atoms with E-state index in [1.165, 1.54) is 18.4 Å². The van der Waals surface area contributed by atoms with Crippen molar-refractivity contribution < 1.29 is 9.47 Å². The van der Waals surface area contributed by atoms with E-state index in [4.69, 9.17) is 14.5 Å². The SMILES string of the molecule is CCNC(=NCc1ncccc1C)N1CCC(OCC2CCCCO2)CC1.I. The second-order valence-electron chi connectivity index (χ2n) is 7.45. The van der Waals surface area contributed by atoms with Crippen LogP contribution in [0.1, 0.15) is 50.3 Å². The van der Waals surface area contributed by atoms with E-state index >= 15 is 0 Å². The minimum absolute atomic E-state index is 0. The first-order valence-corrected chi connectivity index (χ1v) is 10.4. The zero-order chi connectivity index (χ0) is 18.9. The van der Waals surface area contributed by atoms with Crippen LogP contribution in [0.5, 0.6) is 0 Å². The Balaban J connectivity index is 0.00000280. The van der Waals surface area contributed by atoms with Crippen molar-refractivity contribution in [1.82, 2.24) is 15.2 Å². The van der Waals surface area contributed by atoms with Gasteiger partial charge in [0.2, 0.25) is 0 Å². The van der Waals surface area contributed by atoms with Gasteiger partial charge in [-0.3, -0.25) is 4.98 Å². The van der Waals surface area contributed by atoms with E-state index < -0.39 is 0 Å². The van der Waals surface area contributed by atoms with Gasteiger partial charge in [0, 0.05) is 32.4 Å². The van der Waals surface area contributed by atoms with Crippen LogP contribution in [-0.4, -0.2) is 60.9 Å². The van der Waals surface area contributed by atoms with Crippen molar-refractivity contribution in [3.8, 4) is 0 Å². The standard InChI is InChI=1S/C21H34N4O2.HI/c1-3-22-21(24-15-20-17(2)7-6-11-23-20)25-12-9-18(10-13-25)27-16-19-8-4-5-14-26-19;/h6-7,11,18-19H,3-5,8-10,12-16H2,1-2H3,(H,22,24);1H. The van der Waals surface area contributed by atoms with Crippen molar-refractivity contribution in [3.05, 3.63) is 29.6 Å². The largest absolute Gasteiger partial charge is 0.376 e. The van der Waals surface area contributed by atoms with Crippen molar-refractivity contribution in [3.63, 3.8) is 0 Å². The van der Waals surface area contributed by atoms with Crippen LogP contribution in [0.25, 0.3) is 0 Å². The van der Waals surface area contributed by atoms with Gasteiger partial charge in [-0.25, -0.2) is 4.99 Å². The van der Waals surface area contributed by atoms with Crippen LogP contribution in [0.15, 0.2) is 23.3 Å². The third-order valence-electron chi connectivity index (χ3n) is 5.36. The normalized spacial score (nSPS) is 21.3. The number of hydrogen-bond donors (Lipinski definition) is 1. The van der Waals surface area contributed by atoms with Crippen LogP contribution in [-0.2, 0) is 16.0 Å². The summed E-state index contributed by atoms with van der Waals surface area (Å²) in [6.07, 6.45) is 8.17. The van der Waals surface area contributed by atoms with Crippen molar-refractivity contribution >= 4 is 29.9 Å². The Kier molecular flexibility index (Phi) is 10.5. The summed E-state index contributed by atoms with van der Waals surface area (Å²) in [5, 5.41) is 3.43. The Hall–Kier alpha value is -0.930. The van der Waals surface area contributed by atoms with E-state index in [1.54, 1.807) is 0 Å². The molecular formula is C21H35IN4O2. The molecule has 1 aromatic rings. The molecule has 2 aliphatic heterocycles. The summed E-state index contributed by atoms with van der Waals surface area (Å²) in [5.74, 6) is 0.983. The molecule has 2 aliphatic rings. The number of pyridine rings is 1. The molecule has 2 saturated heterocycles. The first-order chi connectivity index (χ1) is 13.3. The lowest BCUT2D eigenvalue weighted by atomic mass is 10.1. The predicted molar refractivity (Wildman–Crippen MR) is 123 cm³/mol. The van der Waals surface area contributed by atoms with Gasteiger partial charge in [0.05, 0.1) is 31.1 Å². The number of ether oxygens (including phenoxy) is 2. The summed E-state index contributed by atoms with van der Waals surface area (Å²) in [6.45, 7) is 9.28. The summed E-state index contributed by atoms with van der Waals surface area (Å²) in [6, 6.07) is 4.06. The second kappa shape index (κ2) is 12.6. The van der Waals surface area contributed by atoms with Gasteiger partial charge in [-0.1, -0.05) is 6.07 Å². The highest BCUT2D eigenvalue weighted by atomic mass is 127. The first kappa shape index (κ1) is 23.3. The Morgan fingerprint density at radius 2 is 2.14 bits per heavy atom. The summed E-state index contributed by atoms with van der Waals surface area (Å²) < 4.78 is 11.9. The van der Waals surface area contributed by atoms with Gasteiger partial charge in [-0.2, -0.15) is 0 Å². The molecule has 3 heterocycles. The lowest BCUT2D eigenvalue weighted by Crippen LogP contribution is -2.47. The molecule has 158 valence electrons. The summed E-state index contributed by atoms with van der Waals surface area (Å²) >= 11 is 0. The van der Waals surface area contributed by atoms with Crippen LogP contribution < -0.4 is 5.32 Å². The number of piperidine rings is 1. The van der Waals surface area contributed by atoms with Gasteiger partial charge in [0.25, 0.3) is 0 Å². The Bertz CT molecular complexity index is 600. The molecule has 1 atom stereocenters. The van der Waals surface area contributed by atoms with Crippen molar-refractivity contribution in [1.29, 1.82) is 0 Å². The molecule has 0 aromatic carbocycles. The molecule has 0 bridgehead atoms. The number of halogens is 1. The average molecular weight is 502 g/mol. The summed E-state index contributed by atoms with van der Waals surface area (Å²) in [5.41, 5.74) is 2.23. The maximum absolute atomic E-state index is 6.13. The van der Waals surface area contributed by atoms with Gasteiger partial charge in [0.15, 0.2) is 5.96 Å². The maximum Gasteiger partial charge on any atom is 0.194 e. The topological polar surface area (TPSA) is 59.0 Å². The van der Waals surface area contributed by atoms with Gasteiger partial charge in [-0.05, 0) is 57.6 Å². The molecule has 6 nitrogen and oxygen atoms in total. The first-order valence-electron chi connectivity index (χ1n) is 10.4. The van der Waals surface area contributed by atoms with Crippen LogP contribution in [0.4, 0.5) is 0 Å². The lowest BCUT2D eigenvalue weighted by molar-refractivity contribution is -0.0721. The van der Waals surface area contributed by atoms with Crippen LogP contribution in [0.3, 0.4) is 0 Å². The summed E-state index contributed by atoms with van der Waals surface area (Å²) in [4.78, 5) is 11.6. The molecule has 0 radical (unpaired) electrons. The van der Waals surface area contributed by atoms with Crippen LogP contribution >= 0.6 is 24.0 Å². The zero-order valence-electron chi connectivity index (χ0n) is 17.2. The molecule has 0 amide bonds. The van der Waals surface area contributed by atoms with E-state index in [2.05, 4.69) is 35.1 Å². The molecule has 0 aliphatic carbocycles. The fourth-order valence-corrected chi connectivity index (χ4v) is 3.68. The molecule has 7 heteroatoms. The van der Waals surface area contributed by atoms with E-state index in [0.29, 0.717) is 18.8 Å². The van der Waals surface area contributed by atoms with E-state index in [1.807, 2.05) is 12.3 Å². The minimum Gasteiger partial charge on any atom is -0.376 e. The second-order valence-corrected chi connectivity index (χ2v) is 7.45. The van der Waals surface area contributed by atoms with Gasteiger partial charge in [0.1, 0.15) is 0 Å². The number of guanidine groups is 1. The molecule has 1 N–H and O–H groups in total. The number of aromatic nitrogens is 1. The quantitative estimate of drug-likeness (QED) is 0.367. The molecule has 2 fully saturated rings. The van der Waals surface area contributed by atoms with Crippen molar-refractivity contribution in [2.24, 2.45) is 4.99 Å². The van der Waals surface area contributed by atoms with Crippen LogP contribution in [0, 0.1) is 6.92 Å². The highest BCUT2D eigenvalue weighted by Crippen LogP contribution is 2.18. The minimum atomic E-state index is 0. The number of aliphatic imine (C=N–C) groups is 1. The molecule has 3 rings (SSSR count). The Morgan fingerprint density at radius 1 is 1.32 bits per heavy atom. The number of rotatable bonds is 6. The third kappa shape index (κ3) is 7.15. The fraction of sp³-hybridized carbons (Fsp3) is 0.714. The van der Waals surface area contributed by atoms with E-state index in [0.717, 1.165) is 63.8 Å². The molecule has 28 heavy (non-hydrogen) atoms. The van der Waals surface area contributed by atoms with Crippen molar-refractivity contribution in [2.75, 3.05) is 32.8 Å². The highest BCUT2D eigenvalue weighted by Gasteiger charge is 2.23. The third-order valence-corrected chi connectivity index (χ3v) is 5.36. The summed E-state index contributed by atoms with van der Waals surface area (Å²) in [7, 11) is 0. The van der Waals surface area contributed by atoms with E-state index in [9.17, 15) is 0 Å². The van der Waals surface area contributed by atoms with Gasteiger partial charge >= 0.3 is 0 Å². The lowest BCUT2D eigenvalue weighted by Gasteiger charge is -2.35. The number of hydrogen-bond acceptors (Lipinski definition) is 4. The van der Waals surface area contributed by atoms with Gasteiger partial charge in [-0.15, -0.1) is 24.0 Å². The molecule has 0 spiro atoms. The average Bonchev–Trinajstić information content (AvgIpc) is 2.72. The van der Waals surface area contributed by atoms with Crippen LogP contribution in [0.2, 0.25) is 0 Å². The fourth-order valence-electron chi connectivity index (χ4n) is 3.68. The number of nitrogens with one attached hydrogen (secondary N) is 1. The Labute approximate surface area is 186 Å². The predicted octanol–water partition coefficient (Wildman–Crippen LogP) is 3.52. The molecule has 1 unspecified atom stereocenters. The molecule has 0 saturated carbocycles.